The predicted molar refractivity (Wildman–Crippen MR) is 105 cm³/mol. The van der Waals surface area contributed by atoms with Crippen LogP contribution in [0.5, 0.6) is 0 Å². The number of halogens is 1. The highest BCUT2D eigenvalue weighted by molar-refractivity contribution is 6.31. The number of amides is 1. The maximum atomic E-state index is 12.4. The third-order valence-electron chi connectivity index (χ3n) is 4.92. The molecule has 1 aromatic carbocycles. The summed E-state index contributed by atoms with van der Waals surface area (Å²) < 4.78 is 1.83. The van der Waals surface area contributed by atoms with Gasteiger partial charge in [-0.25, -0.2) is 4.68 Å². The van der Waals surface area contributed by atoms with E-state index in [0.717, 1.165) is 28.2 Å². The molecule has 0 saturated heterocycles. The molecule has 1 heterocycles. The first-order valence-electron chi connectivity index (χ1n) is 8.93. The Labute approximate surface area is 160 Å². The van der Waals surface area contributed by atoms with Crippen LogP contribution in [0.1, 0.15) is 36.4 Å². The van der Waals surface area contributed by atoms with Crippen LogP contribution in [-0.4, -0.2) is 33.9 Å². The number of rotatable bonds is 7. The minimum Gasteiger partial charge on any atom is -0.396 e. The third kappa shape index (κ3) is 4.65. The van der Waals surface area contributed by atoms with Gasteiger partial charge in [-0.15, -0.1) is 0 Å². The lowest BCUT2D eigenvalue weighted by Gasteiger charge is -2.18. The first kappa shape index (κ1) is 20.5. The summed E-state index contributed by atoms with van der Waals surface area (Å²) in [5, 5.41) is 17.6. The molecular formula is C20H28ClN3O2. The molecule has 1 aromatic heterocycles. The maximum absolute atomic E-state index is 12.4. The Bertz CT molecular complexity index is 784. The summed E-state index contributed by atoms with van der Waals surface area (Å²) in [5.74, 6) is 0.327. The maximum Gasteiger partial charge on any atom is 0.224 e. The van der Waals surface area contributed by atoms with Crippen LogP contribution < -0.4 is 5.32 Å². The van der Waals surface area contributed by atoms with E-state index in [9.17, 15) is 9.90 Å². The van der Waals surface area contributed by atoms with E-state index >= 15 is 0 Å². The third-order valence-corrected chi connectivity index (χ3v) is 5.32. The number of benzene rings is 1. The molecule has 0 bridgehead atoms. The molecule has 1 atom stereocenters. The lowest BCUT2D eigenvalue weighted by atomic mass is 9.97. The van der Waals surface area contributed by atoms with Crippen LogP contribution >= 0.6 is 11.6 Å². The van der Waals surface area contributed by atoms with Crippen LogP contribution in [-0.2, 0) is 11.2 Å². The number of nitrogens with zero attached hydrogens (tertiary/aromatic N) is 2. The van der Waals surface area contributed by atoms with Crippen molar-refractivity contribution in [2.24, 2.45) is 11.8 Å². The van der Waals surface area contributed by atoms with Crippen LogP contribution in [0, 0.1) is 32.6 Å². The van der Waals surface area contributed by atoms with Crippen molar-refractivity contribution in [3.05, 3.63) is 45.7 Å². The van der Waals surface area contributed by atoms with Gasteiger partial charge in [-0.1, -0.05) is 31.5 Å². The van der Waals surface area contributed by atoms with Gasteiger partial charge < -0.3 is 10.4 Å². The minimum absolute atomic E-state index is 0.0585. The van der Waals surface area contributed by atoms with Crippen molar-refractivity contribution >= 4 is 17.5 Å². The van der Waals surface area contributed by atoms with Crippen LogP contribution in [0.2, 0.25) is 5.02 Å². The molecule has 0 aliphatic carbocycles. The number of aliphatic hydroxyl groups excluding tert-OH is 1. The van der Waals surface area contributed by atoms with Crippen LogP contribution in [0.15, 0.2) is 18.2 Å². The number of aromatic nitrogens is 2. The lowest BCUT2D eigenvalue weighted by Crippen LogP contribution is -2.34. The van der Waals surface area contributed by atoms with Crippen molar-refractivity contribution in [1.29, 1.82) is 0 Å². The fraction of sp³-hybridized carbons (Fsp3) is 0.500. The van der Waals surface area contributed by atoms with Gasteiger partial charge in [-0.3, -0.25) is 4.79 Å². The second-order valence-electron chi connectivity index (χ2n) is 7.16. The molecule has 5 nitrogen and oxygen atoms in total. The van der Waals surface area contributed by atoms with Crippen molar-refractivity contribution in [2.75, 3.05) is 13.2 Å². The Morgan fingerprint density at radius 2 is 2.00 bits per heavy atom. The van der Waals surface area contributed by atoms with Gasteiger partial charge in [-0.2, -0.15) is 5.10 Å². The van der Waals surface area contributed by atoms with Gasteiger partial charge in [0.05, 0.1) is 17.8 Å². The van der Waals surface area contributed by atoms with Crippen LogP contribution in [0.3, 0.4) is 0 Å². The second kappa shape index (κ2) is 8.69. The van der Waals surface area contributed by atoms with E-state index < -0.39 is 0 Å². The zero-order valence-corrected chi connectivity index (χ0v) is 16.9. The van der Waals surface area contributed by atoms with Gasteiger partial charge >= 0.3 is 0 Å². The number of hydrogen-bond donors (Lipinski definition) is 2. The monoisotopic (exact) mass is 377 g/mol. The van der Waals surface area contributed by atoms with E-state index in [1.165, 1.54) is 0 Å². The number of hydrogen-bond acceptors (Lipinski definition) is 3. The quantitative estimate of drug-likeness (QED) is 0.777. The topological polar surface area (TPSA) is 67.2 Å². The number of carbonyl (C=O) groups is 1. The fourth-order valence-corrected chi connectivity index (χ4v) is 3.05. The molecule has 0 unspecified atom stereocenters. The molecule has 0 aliphatic heterocycles. The van der Waals surface area contributed by atoms with Crippen molar-refractivity contribution in [2.45, 2.75) is 41.0 Å². The first-order chi connectivity index (χ1) is 12.2. The van der Waals surface area contributed by atoms with Crippen molar-refractivity contribution in [1.82, 2.24) is 15.1 Å². The molecular weight excluding hydrogens is 350 g/mol. The standard InChI is InChI=1S/C20H28ClN3O2/c1-12(2)16(11-25)10-22-20(26)9-18-14(4)23-24(15(18)5)17-7-6-13(3)19(21)8-17/h6-8,12,16,25H,9-11H2,1-5H3,(H,22,26)/t16-/m1/s1. The molecule has 0 fully saturated rings. The van der Waals surface area contributed by atoms with Gasteiger partial charge in [0.25, 0.3) is 0 Å². The molecule has 2 rings (SSSR count). The molecule has 6 heteroatoms. The highest BCUT2D eigenvalue weighted by Gasteiger charge is 2.18. The average molecular weight is 378 g/mol. The van der Waals surface area contributed by atoms with E-state index in [2.05, 4.69) is 10.4 Å². The lowest BCUT2D eigenvalue weighted by molar-refractivity contribution is -0.120. The van der Waals surface area contributed by atoms with Crippen LogP contribution in [0.4, 0.5) is 0 Å². The van der Waals surface area contributed by atoms with Crippen molar-refractivity contribution in [3.63, 3.8) is 0 Å². The molecule has 2 aromatic rings. The Kier molecular flexibility index (Phi) is 6.84. The highest BCUT2D eigenvalue weighted by Crippen LogP contribution is 2.23. The molecule has 2 N–H and O–H groups in total. The smallest absolute Gasteiger partial charge is 0.224 e. The second-order valence-corrected chi connectivity index (χ2v) is 7.57. The SMILES string of the molecule is Cc1ccc(-n2nc(C)c(CC(=O)NC[C@H](CO)C(C)C)c2C)cc1Cl. The molecule has 0 radical (unpaired) electrons. The molecule has 1 amide bonds. The van der Waals surface area contributed by atoms with Gasteiger partial charge in [0.2, 0.25) is 5.91 Å². The molecule has 26 heavy (non-hydrogen) atoms. The summed E-state index contributed by atoms with van der Waals surface area (Å²) in [6.45, 7) is 10.5. The Morgan fingerprint density at radius 3 is 2.58 bits per heavy atom. The van der Waals surface area contributed by atoms with Gasteiger partial charge in [-0.05, 0) is 44.4 Å². The normalized spacial score (nSPS) is 12.5. The van der Waals surface area contributed by atoms with Crippen molar-refractivity contribution in [3.8, 4) is 5.69 Å². The number of carbonyl (C=O) groups excluding carboxylic acids is 1. The number of nitrogens with one attached hydrogen (secondary N) is 1. The molecule has 142 valence electrons. The zero-order chi connectivity index (χ0) is 19.4. The Morgan fingerprint density at radius 1 is 1.31 bits per heavy atom. The Balaban J connectivity index is 2.14. The van der Waals surface area contributed by atoms with E-state index in [1.54, 1.807) is 0 Å². The zero-order valence-electron chi connectivity index (χ0n) is 16.1. The van der Waals surface area contributed by atoms with Gasteiger partial charge in [0.1, 0.15) is 0 Å². The highest BCUT2D eigenvalue weighted by atomic mass is 35.5. The number of aliphatic hydroxyl groups is 1. The van der Waals surface area contributed by atoms with E-state index in [4.69, 9.17) is 11.6 Å². The molecule has 0 spiro atoms. The van der Waals surface area contributed by atoms with E-state index in [0.29, 0.717) is 17.5 Å². The summed E-state index contributed by atoms with van der Waals surface area (Å²) in [6.07, 6.45) is 0.271. The van der Waals surface area contributed by atoms with Gasteiger partial charge in [0.15, 0.2) is 0 Å². The minimum atomic E-state index is -0.0585. The predicted octanol–water partition coefficient (Wildman–Crippen LogP) is 3.37. The first-order valence-corrected chi connectivity index (χ1v) is 9.31. The van der Waals surface area contributed by atoms with Gasteiger partial charge in [0, 0.05) is 35.3 Å². The summed E-state index contributed by atoms with van der Waals surface area (Å²) in [7, 11) is 0. The summed E-state index contributed by atoms with van der Waals surface area (Å²) in [4.78, 5) is 12.4. The fourth-order valence-electron chi connectivity index (χ4n) is 2.87. The largest absolute Gasteiger partial charge is 0.396 e. The van der Waals surface area contributed by atoms with Crippen molar-refractivity contribution < 1.29 is 9.90 Å². The molecule has 0 aliphatic rings. The van der Waals surface area contributed by atoms with E-state index in [-0.39, 0.29) is 24.9 Å². The summed E-state index contributed by atoms with van der Waals surface area (Å²) in [5.41, 5.74) is 4.58. The number of aryl methyl sites for hydroxylation is 2. The Hall–Kier alpha value is -1.85. The molecule has 0 saturated carbocycles. The summed E-state index contributed by atoms with van der Waals surface area (Å²) >= 11 is 6.23. The average Bonchev–Trinajstić information content (AvgIpc) is 2.86. The summed E-state index contributed by atoms with van der Waals surface area (Å²) in [6, 6.07) is 5.81. The van der Waals surface area contributed by atoms with Crippen LogP contribution in [0.25, 0.3) is 5.69 Å². The van der Waals surface area contributed by atoms with E-state index in [1.807, 2.05) is 57.5 Å².